The Morgan fingerprint density at radius 1 is 1.12 bits per heavy atom. The molecule has 5 rings (SSSR count). The fourth-order valence-corrected chi connectivity index (χ4v) is 4.98. The number of aryl methyl sites for hydroxylation is 1. The van der Waals surface area contributed by atoms with Crippen LogP contribution in [0.4, 0.5) is 24.7 Å². The Hall–Kier alpha value is -4.15. The number of benzene rings is 2. The summed E-state index contributed by atoms with van der Waals surface area (Å²) in [6.07, 6.45) is -1.15. The largest absolute Gasteiger partial charge is 0.475 e. The van der Waals surface area contributed by atoms with Crippen LogP contribution >= 0.6 is 0 Å². The lowest BCUT2D eigenvalue weighted by molar-refractivity contribution is -0.137. The summed E-state index contributed by atoms with van der Waals surface area (Å²) in [7, 11) is 3.85. The van der Waals surface area contributed by atoms with E-state index >= 15 is 0 Å². The molecule has 1 aliphatic carbocycles. The van der Waals surface area contributed by atoms with Crippen LogP contribution in [0.5, 0.6) is 0 Å². The molecular weight excluding hydrogens is 521 g/mol. The molecule has 1 atom stereocenters. The van der Waals surface area contributed by atoms with Gasteiger partial charge in [-0.3, -0.25) is 0 Å². The number of carboxylic acids is 1. The summed E-state index contributed by atoms with van der Waals surface area (Å²) in [6, 6.07) is 11.0. The summed E-state index contributed by atoms with van der Waals surface area (Å²) in [5.41, 5.74) is 3.25. The van der Waals surface area contributed by atoms with E-state index < -0.39 is 17.7 Å². The van der Waals surface area contributed by atoms with E-state index in [1.807, 2.05) is 55.6 Å². The van der Waals surface area contributed by atoms with Gasteiger partial charge in [0, 0.05) is 37.9 Å². The highest BCUT2D eigenvalue weighted by atomic mass is 19.4. The number of aromatic nitrogens is 4. The third kappa shape index (κ3) is 5.32. The predicted molar refractivity (Wildman–Crippen MR) is 148 cm³/mol. The minimum atomic E-state index is -4.44. The van der Waals surface area contributed by atoms with Gasteiger partial charge in [0.25, 0.3) is 0 Å². The van der Waals surface area contributed by atoms with Crippen LogP contribution in [0.15, 0.2) is 42.5 Å². The standard InChI is InChI=1S/C29H31F3N6O2/c1-16-8-13-21(37(3)4)14-22(16)27-36-25-23(38(27)15-18-9-11-20(12-10-18)29(30,31)32)24(34-26(35-25)28(39)40)33-17(2)19-6-5-7-19/h8-14,17,19H,5-7,15H2,1-4H3,(H,39,40)(H,33,34,35)/t17-/m1/s1. The minimum absolute atomic E-state index is 0.0326. The molecule has 8 nitrogen and oxygen atoms in total. The van der Waals surface area contributed by atoms with Gasteiger partial charge in [-0.1, -0.05) is 24.6 Å². The number of rotatable bonds is 8. The maximum atomic E-state index is 13.2. The van der Waals surface area contributed by atoms with Gasteiger partial charge < -0.3 is 19.9 Å². The van der Waals surface area contributed by atoms with E-state index in [2.05, 4.69) is 15.3 Å². The first-order chi connectivity index (χ1) is 18.9. The zero-order valence-electron chi connectivity index (χ0n) is 22.8. The van der Waals surface area contributed by atoms with Crippen molar-refractivity contribution >= 4 is 28.6 Å². The lowest BCUT2D eigenvalue weighted by Crippen LogP contribution is -2.31. The van der Waals surface area contributed by atoms with Crippen molar-refractivity contribution < 1.29 is 23.1 Å². The van der Waals surface area contributed by atoms with Crippen molar-refractivity contribution in [1.82, 2.24) is 19.5 Å². The van der Waals surface area contributed by atoms with Crippen molar-refractivity contribution in [2.45, 2.75) is 51.9 Å². The molecular formula is C29H31F3N6O2. The SMILES string of the molecule is Cc1ccc(N(C)C)cc1-c1nc2nc(C(=O)O)nc(N[C@H](C)C3CCC3)c2n1Cc1ccc(C(F)(F)F)cc1. The highest BCUT2D eigenvalue weighted by Gasteiger charge is 2.31. The first kappa shape index (κ1) is 27.4. The van der Waals surface area contributed by atoms with Crippen LogP contribution < -0.4 is 10.2 Å². The van der Waals surface area contributed by atoms with E-state index in [4.69, 9.17) is 4.98 Å². The maximum Gasteiger partial charge on any atom is 0.416 e. The Balaban J connectivity index is 1.72. The van der Waals surface area contributed by atoms with E-state index in [0.29, 0.717) is 28.6 Å². The Bertz CT molecular complexity index is 1560. The number of nitrogens with one attached hydrogen (secondary N) is 1. The summed E-state index contributed by atoms with van der Waals surface area (Å²) in [5, 5.41) is 13.2. The summed E-state index contributed by atoms with van der Waals surface area (Å²) >= 11 is 0. The number of halogens is 3. The molecule has 11 heteroatoms. The molecule has 2 aromatic heterocycles. The fraction of sp³-hybridized carbons (Fsp3) is 0.379. The molecule has 2 heterocycles. The first-order valence-corrected chi connectivity index (χ1v) is 13.1. The van der Waals surface area contributed by atoms with Crippen LogP contribution in [0.1, 0.15) is 53.5 Å². The number of anilines is 2. The molecule has 1 aliphatic rings. The van der Waals surface area contributed by atoms with Gasteiger partial charge in [-0.15, -0.1) is 0 Å². The van der Waals surface area contributed by atoms with Crippen molar-refractivity contribution in [1.29, 1.82) is 0 Å². The Morgan fingerprint density at radius 3 is 2.40 bits per heavy atom. The van der Waals surface area contributed by atoms with Crippen molar-refractivity contribution in [3.63, 3.8) is 0 Å². The summed E-state index contributed by atoms with van der Waals surface area (Å²) in [5.74, 6) is -0.351. The highest BCUT2D eigenvalue weighted by Crippen LogP contribution is 2.36. The number of hydrogen-bond donors (Lipinski definition) is 2. The molecule has 1 saturated carbocycles. The van der Waals surface area contributed by atoms with Gasteiger partial charge in [-0.25, -0.2) is 19.7 Å². The zero-order valence-corrected chi connectivity index (χ0v) is 22.8. The number of fused-ring (bicyclic) bond motifs is 1. The second kappa shape index (κ2) is 10.4. The van der Waals surface area contributed by atoms with E-state index in [-0.39, 0.29) is 24.1 Å². The van der Waals surface area contributed by atoms with Crippen LogP contribution in [0.25, 0.3) is 22.6 Å². The molecule has 0 amide bonds. The average Bonchev–Trinajstić information content (AvgIpc) is 3.21. The quantitative estimate of drug-likeness (QED) is 0.267. The summed E-state index contributed by atoms with van der Waals surface area (Å²) in [6.45, 7) is 4.17. The number of nitrogens with zero attached hydrogens (tertiary/aromatic N) is 5. The number of carbonyl (C=O) groups is 1. The monoisotopic (exact) mass is 552 g/mol. The first-order valence-electron chi connectivity index (χ1n) is 13.1. The van der Waals surface area contributed by atoms with Crippen molar-refractivity contribution in [2.75, 3.05) is 24.3 Å². The van der Waals surface area contributed by atoms with Gasteiger partial charge in [0.2, 0.25) is 5.82 Å². The van der Waals surface area contributed by atoms with E-state index in [1.165, 1.54) is 12.1 Å². The second-order valence-electron chi connectivity index (χ2n) is 10.6. The molecule has 0 bridgehead atoms. The highest BCUT2D eigenvalue weighted by molar-refractivity contribution is 5.92. The molecule has 2 aromatic carbocycles. The lowest BCUT2D eigenvalue weighted by atomic mass is 9.80. The predicted octanol–water partition coefficient (Wildman–Crippen LogP) is 6.23. The topological polar surface area (TPSA) is 96.2 Å². The van der Waals surface area contributed by atoms with Gasteiger partial charge >= 0.3 is 12.1 Å². The van der Waals surface area contributed by atoms with E-state index in [9.17, 15) is 23.1 Å². The molecule has 0 unspecified atom stereocenters. The fourth-order valence-electron chi connectivity index (χ4n) is 4.98. The second-order valence-corrected chi connectivity index (χ2v) is 10.6. The number of carboxylic acid groups (broad SMARTS) is 1. The van der Waals surface area contributed by atoms with Crippen molar-refractivity contribution in [2.24, 2.45) is 5.92 Å². The Labute approximate surface area is 229 Å². The molecule has 0 aliphatic heterocycles. The van der Waals surface area contributed by atoms with Gasteiger partial charge in [0.15, 0.2) is 11.5 Å². The number of hydrogen-bond acceptors (Lipinski definition) is 6. The molecule has 0 spiro atoms. The van der Waals surface area contributed by atoms with Crippen LogP contribution in [0, 0.1) is 12.8 Å². The van der Waals surface area contributed by atoms with E-state index in [0.717, 1.165) is 48.2 Å². The Kier molecular flexibility index (Phi) is 7.16. The van der Waals surface area contributed by atoms with Gasteiger partial charge in [-0.2, -0.15) is 13.2 Å². The van der Waals surface area contributed by atoms with Crippen LogP contribution in [-0.4, -0.2) is 50.7 Å². The van der Waals surface area contributed by atoms with Crippen molar-refractivity contribution in [3.8, 4) is 11.4 Å². The van der Waals surface area contributed by atoms with Crippen LogP contribution in [-0.2, 0) is 12.7 Å². The third-order valence-electron chi connectivity index (χ3n) is 7.62. The third-order valence-corrected chi connectivity index (χ3v) is 7.62. The number of imidazole rings is 1. The molecule has 40 heavy (non-hydrogen) atoms. The Morgan fingerprint density at radius 2 is 1.82 bits per heavy atom. The van der Waals surface area contributed by atoms with E-state index in [1.54, 1.807) is 0 Å². The number of alkyl halides is 3. The van der Waals surface area contributed by atoms with Gasteiger partial charge in [0.1, 0.15) is 11.3 Å². The van der Waals surface area contributed by atoms with Gasteiger partial charge in [-0.05, 0) is 68.0 Å². The smallest absolute Gasteiger partial charge is 0.416 e. The zero-order chi connectivity index (χ0) is 28.8. The van der Waals surface area contributed by atoms with Crippen LogP contribution in [0.2, 0.25) is 0 Å². The molecule has 4 aromatic rings. The summed E-state index contributed by atoms with van der Waals surface area (Å²) in [4.78, 5) is 27.3. The summed E-state index contributed by atoms with van der Waals surface area (Å²) < 4.78 is 41.5. The molecule has 210 valence electrons. The molecule has 2 N–H and O–H groups in total. The number of aromatic carboxylic acids is 1. The normalized spacial score (nSPS) is 14.7. The molecule has 1 fully saturated rings. The van der Waals surface area contributed by atoms with Gasteiger partial charge in [0.05, 0.1) is 5.56 Å². The molecule has 0 radical (unpaired) electrons. The van der Waals surface area contributed by atoms with Crippen LogP contribution in [0.3, 0.4) is 0 Å². The van der Waals surface area contributed by atoms with Crippen molar-refractivity contribution in [3.05, 3.63) is 65.0 Å². The average molecular weight is 553 g/mol. The lowest BCUT2D eigenvalue weighted by Gasteiger charge is -2.32. The maximum absolute atomic E-state index is 13.2. The molecule has 0 saturated heterocycles. The minimum Gasteiger partial charge on any atom is -0.475 e.